The predicted octanol–water partition coefficient (Wildman–Crippen LogP) is 4.86. The van der Waals surface area contributed by atoms with Crippen LogP contribution in [-0.4, -0.2) is 11.8 Å². The Bertz CT molecular complexity index is 889. The van der Waals surface area contributed by atoms with Gasteiger partial charge in [-0.1, -0.05) is 91.0 Å². The van der Waals surface area contributed by atoms with Gasteiger partial charge < -0.3 is 4.74 Å². The lowest BCUT2D eigenvalue weighted by Crippen LogP contribution is -2.40. The molecule has 0 fully saturated rings. The number of ether oxygens (including phenoxy) is 1. The summed E-state index contributed by atoms with van der Waals surface area (Å²) in [4.78, 5) is 26.2. The van der Waals surface area contributed by atoms with Gasteiger partial charge in [0.25, 0.3) is 0 Å². The summed E-state index contributed by atoms with van der Waals surface area (Å²) in [5.41, 5.74) is 1.02. The largest absolute Gasteiger partial charge is 0.460 e. The summed E-state index contributed by atoms with van der Waals surface area (Å²) >= 11 is 0. The molecule has 0 aromatic heterocycles. The minimum Gasteiger partial charge on any atom is -0.460 e. The molecule has 0 saturated heterocycles. The van der Waals surface area contributed by atoms with Gasteiger partial charge in [0.05, 0.1) is 0 Å². The van der Waals surface area contributed by atoms with Gasteiger partial charge in [0.1, 0.15) is 12.0 Å². The first-order valence-electron chi connectivity index (χ1n) is 8.94. The number of hydrogen-bond acceptors (Lipinski definition) is 3. The summed E-state index contributed by atoms with van der Waals surface area (Å²) in [6, 6.07) is 27.9. The summed E-state index contributed by atoms with van der Waals surface area (Å²) < 4.78 is 5.55. The summed E-state index contributed by atoms with van der Waals surface area (Å²) in [6.07, 6.45) is 0.287. The van der Waals surface area contributed by atoms with Crippen molar-refractivity contribution < 1.29 is 14.3 Å². The average molecular weight is 358 g/mol. The van der Waals surface area contributed by atoms with Crippen LogP contribution in [0.4, 0.5) is 0 Å². The summed E-state index contributed by atoms with van der Waals surface area (Å²) in [5, 5.41) is 0. The van der Waals surface area contributed by atoms with E-state index in [2.05, 4.69) is 0 Å². The van der Waals surface area contributed by atoms with E-state index in [9.17, 15) is 9.59 Å². The Balaban J connectivity index is 1.86. The second kappa shape index (κ2) is 8.45. The summed E-state index contributed by atoms with van der Waals surface area (Å²) in [5.74, 6) is -0.742. The molecular weight excluding hydrogens is 336 g/mol. The number of rotatable bonds is 7. The molecule has 0 aliphatic carbocycles. The lowest BCUT2D eigenvalue weighted by Gasteiger charge is -2.26. The number of benzene rings is 3. The fourth-order valence-electron chi connectivity index (χ4n) is 3.04. The standard InChI is InChI=1S/C24H22O3/c1-24(17-19-11-5-2-6-12-19,22(25)21-15-9-4-10-16-21)23(26)27-18-20-13-7-3-8-14-20/h2-16H,17-18H2,1H3. The Morgan fingerprint density at radius 2 is 1.22 bits per heavy atom. The van der Waals surface area contributed by atoms with E-state index < -0.39 is 11.4 Å². The third kappa shape index (κ3) is 4.50. The first kappa shape index (κ1) is 18.6. The van der Waals surface area contributed by atoms with Gasteiger partial charge in [0, 0.05) is 5.56 Å². The number of ketones is 1. The van der Waals surface area contributed by atoms with Crippen LogP contribution in [-0.2, 0) is 22.6 Å². The molecule has 3 aromatic rings. The molecule has 1 atom stereocenters. The van der Waals surface area contributed by atoms with Crippen molar-refractivity contribution in [3.05, 3.63) is 108 Å². The molecule has 136 valence electrons. The summed E-state index contributed by atoms with van der Waals surface area (Å²) in [6.45, 7) is 1.81. The molecule has 0 saturated carbocycles. The number of carbonyl (C=O) groups excluding carboxylic acids is 2. The van der Waals surface area contributed by atoms with Gasteiger partial charge in [-0.05, 0) is 24.5 Å². The van der Waals surface area contributed by atoms with Crippen LogP contribution in [0.15, 0.2) is 91.0 Å². The maximum Gasteiger partial charge on any atom is 0.320 e. The van der Waals surface area contributed by atoms with E-state index in [4.69, 9.17) is 4.74 Å². The van der Waals surface area contributed by atoms with E-state index in [1.165, 1.54) is 0 Å². The second-order valence-corrected chi connectivity index (χ2v) is 6.75. The van der Waals surface area contributed by atoms with E-state index in [-0.39, 0.29) is 18.8 Å². The Labute approximate surface area is 159 Å². The topological polar surface area (TPSA) is 43.4 Å². The molecule has 27 heavy (non-hydrogen) atoms. The zero-order valence-electron chi connectivity index (χ0n) is 15.3. The average Bonchev–Trinajstić information content (AvgIpc) is 2.73. The smallest absolute Gasteiger partial charge is 0.320 e. The molecule has 3 nitrogen and oxygen atoms in total. The lowest BCUT2D eigenvalue weighted by molar-refractivity contribution is -0.153. The second-order valence-electron chi connectivity index (χ2n) is 6.75. The van der Waals surface area contributed by atoms with Gasteiger partial charge in [-0.2, -0.15) is 0 Å². The lowest BCUT2D eigenvalue weighted by atomic mass is 9.77. The fourth-order valence-corrected chi connectivity index (χ4v) is 3.04. The molecular formula is C24H22O3. The SMILES string of the molecule is CC(Cc1ccccc1)(C(=O)OCc1ccccc1)C(=O)c1ccccc1. The maximum absolute atomic E-state index is 13.2. The molecule has 0 N–H and O–H groups in total. The van der Waals surface area contributed by atoms with Crippen molar-refractivity contribution in [3.63, 3.8) is 0 Å². The van der Waals surface area contributed by atoms with Crippen molar-refractivity contribution >= 4 is 11.8 Å². The molecule has 1 unspecified atom stereocenters. The van der Waals surface area contributed by atoms with Crippen molar-refractivity contribution in [2.24, 2.45) is 5.41 Å². The molecule has 0 spiro atoms. The first-order valence-corrected chi connectivity index (χ1v) is 8.94. The van der Waals surface area contributed by atoms with Crippen LogP contribution in [0.25, 0.3) is 0 Å². The molecule has 0 heterocycles. The number of esters is 1. The molecule has 0 bridgehead atoms. The van der Waals surface area contributed by atoms with E-state index in [1.54, 1.807) is 31.2 Å². The van der Waals surface area contributed by atoms with Crippen molar-refractivity contribution in [1.82, 2.24) is 0 Å². The maximum atomic E-state index is 13.2. The highest BCUT2D eigenvalue weighted by Gasteiger charge is 2.43. The molecule has 3 rings (SSSR count). The highest BCUT2D eigenvalue weighted by molar-refractivity contribution is 6.12. The highest BCUT2D eigenvalue weighted by atomic mass is 16.5. The van der Waals surface area contributed by atoms with Crippen LogP contribution in [0.2, 0.25) is 0 Å². The highest BCUT2D eigenvalue weighted by Crippen LogP contribution is 2.30. The molecule has 0 radical (unpaired) electrons. The van der Waals surface area contributed by atoms with Crippen molar-refractivity contribution in [3.8, 4) is 0 Å². The van der Waals surface area contributed by atoms with Crippen molar-refractivity contribution in [2.75, 3.05) is 0 Å². The molecule has 0 amide bonds. The van der Waals surface area contributed by atoms with Crippen LogP contribution in [0.3, 0.4) is 0 Å². The molecule has 0 aliphatic heterocycles. The third-order valence-corrected chi connectivity index (χ3v) is 4.60. The summed E-state index contributed by atoms with van der Waals surface area (Å²) in [7, 11) is 0. The van der Waals surface area contributed by atoms with Crippen LogP contribution in [0.1, 0.15) is 28.4 Å². The minimum atomic E-state index is -1.29. The molecule has 3 heteroatoms. The fraction of sp³-hybridized carbons (Fsp3) is 0.167. The van der Waals surface area contributed by atoms with E-state index in [0.29, 0.717) is 5.56 Å². The molecule has 3 aromatic carbocycles. The van der Waals surface area contributed by atoms with Crippen LogP contribution >= 0.6 is 0 Å². The normalized spacial score (nSPS) is 12.8. The van der Waals surface area contributed by atoms with Crippen molar-refractivity contribution in [1.29, 1.82) is 0 Å². The number of carbonyl (C=O) groups is 2. The van der Waals surface area contributed by atoms with E-state index in [1.807, 2.05) is 66.7 Å². The van der Waals surface area contributed by atoms with Gasteiger partial charge in [0.15, 0.2) is 5.78 Å². The van der Waals surface area contributed by atoms with E-state index >= 15 is 0 Å². The van der Waals surface area contributed by atoms with Gasteiger partial charge >= 0.3 is 5.97 Å². The Kier molecular flexibility index (Phi) is 5.82. The number of hydrogen-bond donors (Lipinski definition) is 0. The minimum absolute atomic E-state index is 0.145. The zero-order chi connectivity index (χ0) is 19.1. The zero-order valence-corrected chi connectivity index (χ0v) is 15.3. The Morgan fingerprint density at radius 1 is 0.741 bits per heavy atom. The molecule has 0 aliphatic rings. The predicted molar refractivity (Wildman–Crippen MR) is 105 cm³/mol. The van der Waals surface area contributed by atoms with Gasteiger partial charge in [-0.3, -0.25) is 9.59 Å². The van der Waals surface area contributed by atoms with Gasteiger partial charge in [-0.25, -0.2) is 0 Å². The van der Waals surface area contributed by atoms with Gasteiger partial charge in [0.2, 0.25) is 0 Å². The quantitative estimate of drug-likeness (QED) is 0.344. The third-order valence-electron chi connectivity index (χ3n) is 4.60. The Hall–Kier alpha value is -3.20. The van der Waals surface area contributed by atoms with Crippen LogP contribution in [0, 0.1) is 5.41 Å². The van der Waals surface area contributed by atoms with Gasteiger partial charge in [-0.15, -0.1) is 0 Å². The van der Waals surface area contributed by atoms with Crippen LogP contribution < -0.4 is 0 Å². The van der Waals surface area contributed by atoms with Crippen molar-refractivity contribution in [2.45, 2.75) is 20.0 Å². The number of Topliss-reactive ketones (excluding diaryl/α,β-unsaturated/α-hetero) is 1. The Morgan fingerprint density at radius 3 is 1.78 bits per heavy atom. The monoisotopic (exact) mass is 358 g/mol. The van der Waals surface area contributed by atoms with Crippen LogP contribution in [0.5, 0.6) is 0 Å². The first-order chi connectivity index (χ1) is 13.1. The van der Waals surface area contributed by atoms with E-state index in [0.717, 1.165) is 11.1 Å².